The van der Waals surface area contributed by atoms with Gasteiger partial charge < -0.3 is 15.2 Å². The number of benzene rings is 3. The molecule has 0 aliphatic carbocycles. The number of aryl methyl sites for hydroxylation is 1. The Morgan fingerprint density at radius 3 is 2.17 bits per heavy atom. The minimum atomic E-state index is -0.137. The molecule has 40 heavy (non-hydrogen) atoms. The molecule has 0 saturated heterocycles. The lowest BCUT2D eigenvalue weighted by molar-refractivity contribution is -0.110. The number of nitrogens with one attached hydrogen (secondary N) is 2. The van der Waals surface area contributed by atoms with Crippen LogP contribution >= 0.6 is 0 Å². The van der Waals surface area contributed by atoms with Gasteiger partial charge in [0.2, 0.25) is 0 Å². The summed E-state index contributed by atoms with van der Waals surface area (Å²) >= 11 is 0. The van der Waals surface area contributed by atoms with E-state index in [9.17, 15) is 9.59 Å². The fourth-order valence-electron chi connectivity index (χ4n) is 5.68. The highest BCUT2D eigenvalue weighted by atomic mass is 16.2. The Labute approximate surface area is 236 Å². The molecular formula is C35H37N3O2. The van der Waals surface area contributed by atoms with Gasteiger partial charge in [-0.2, -0.15) is 0 Å². The van der Waals surface area contributed by atoms with E-state index in [0.717, 1.165) is 76.5 Å². The van der Waals surface area contributed by atoms with Gasteiger partial charge in [0.25, 0.3) is 5.91 Å². The molecule has 5 rings (SSSR count). The number of anilines is 1. The minimum Gasteiger partial charge on any atom is -0.358 e. The molecule has 0 fully saturated rings. The predicted molar refractivity (Wildman–Crippen MR) is 165 cm³/mol. The van der Waals surface area contributed by atoms with Crippen molar-refractivity contribution >= 4 is 29.0 Å². The normalized spacial score (nSPS) is 13.6. The summed E-state index contributed by atoms with van der Waals surface area (Å²) in [4.78, 5) is 32.0. The zero-order chi connectivity index (χ0) is 28.2. The molecule has 5 heteroatoms. The van der Waals surface area contributed by atoms with Gasteiger partial charge >= 0.3 is 0 Å². The number of H-pyrrole nitrogens is 1. The molecule has 3 aromatic carbocycles. The highest BCUT2D eigenvalue weighted by molar-refractivity contribution is 6.36. The number of aromatic nitrogens is 1. The van der Waals surface area contributed by atoms with Crippen LogP contribution in [0.2, 0.25) is 0 Å². The molecule has 0 spiro atoms. The van der Waals surface area contributed by atoms with E-state index < -0.39 is 0 Å². The molecular weight excluding hydrogens is 494 g/mol. The number of ketones is 1. The second kappa shape index (κ2) is 11.9. The number of carbonyl (C=O) groups excluding carboxylic acids is 2. The largest absolute Gasteiger partial charge is 0.358 e. The van der Waals surface area contributed by atoms with Crippen LogP contribution in [0.4, 0.5) is 5.69 Å². The first-order valence-electron chi connectivity index (χ1n) is 14.2. The Morgan fingerprint density at radius 1 is 0.825 bits per heavy atom. The van der Waals surface area contributed by atoms with Gasteiger partial charge in [-0.05, 0) is 68.2 Å². The molecule has 2 N–H and O–H groups in total. The van der Waals surface area contributed by atoms with Gasteiger partial charge in [0.05, 0.1) is 11.3 Å². The van der Waals surface area contributed by atoms with Gasteiger partial charge in [-0.25, -0.2) is 0 Å². The Bertz CT molecular complexity index is 1560. The van der Waals surface area contributed by atoms with Gasteiger partial charge in [0.1, 0.15) is 0 Å². The maximum Gasteiger partial charge on any atom is 0.256 e. The maximum absolute atomic E-state index is 13.2. The third kappa shape index (κ3) is 5.43. The van der Waals surface area contributed by atoms with Gasteiger partial charge in [-0.1, -0.05) is 86.6 Å². The fourth-order valence-corrected chi connectivity index (χ4v) is 5.68. The molecule has 0 radical (unpaired) electrons. The first-order valence-corrected chi connectivity index (χ1v) is 14.2. The van der Waals surface area contributed by atoms with Crippen molar-refractivity contribution in [2.24, 2.45) is 0 Å². The number of Topliss-reactive ketones (excluding diaryl/α,β-unsaturated/α-hetero) is 1. The highest BCUT2D eigenvalue weighted by Gasteiger charge is 2.28. The molecule has 2 heterocycles. The minimum absolute atomic E-state index is 0.137. The summed E-state index contributed by atoms with van der Waals surface area (Å²) in [6, 6.07) is 24.7. The highest BCUT2D eigenvalue weighted by Crippen LogP contribution is 2.41. The lowest BCUT2D eigenvalue weighted by atomic mass is 9.96. The van der Waals surface area contributed by atoms with Crippen LogP contribution in [0, 0.1) is 13.8 Å². The van der Waals surface area contributed by atoms with Crippen molar-refractivity contribution in [3.8, 4) is 22.3 Å². The maximum atomic E-state index is 13.2. The molecule has 1 aliphatic rings. The predicted octanol–water partition coefficient (Wildman–Crippen LogP) is 7.76. The number of hydrogen-bond acceptors (Lipinski definition) is 3. The number of para-hydroxylation sites is 1. The zero-order valence-electron chi connectivity index (χ0n) is 23.8. The van der Waals surface area contributed by atoms with E-state index in [1.165, 1.54) is 5.56 Å². The Morgan fingerprint density at radius 2 is 1.48 bits per heavy atom. The van der Waals surface area contributed by atoms with E-state index in [-0.39, 0.29) is 11.7 Å². The second-order valence-corrected chi connectivity index (χ2v) is 10.4. The van der Waals surface area contributed by atoms with Gasteiger partial charge in [-0.15, -0.1) is 0 Å². The molecule has 0 unspecified atom stereocenters. The quantitative estimate of drug-likeness (QED) is 0.162. The van der Waals surface area contributed by atoms with Crippen molar-refractivity contribution in [2.45, 2.75) is 40.5 Å². The number of fused-ring (bicyclic) bond motifs is 1. The van der Waals surface area contributed by atoms with E-state index in [0.29, 0.717) is 12.0 Å². The molecule has 0 atom stereocenters. The van der Waals surface area contributed by atoms with Gasteiger partial charge in [-0.3, -0.25) is 9.59 Å². The van der Waals surface area contributed by atoms with Gasteiger partial charge in [0.15, 0.2) is 5.78 Å². The Kier molecular flexibility index (Phi) is 8.13. The van der Waals surface area contributed by atoms with Crippen molar-refractivity contribution in [1.82, 2.24) is 9.88 Å². The molecule has 1 aliphatic heterocycles. The number of carbonyl (C=O) groups is 2. The number of rotatable bonds is 10. The topological polar surface area (TPSA) is 65.2 Å². The second-order valence-electron chi connectivity index (χ2n) is 10.4. The molecule has 5 nitrogen and oxygen atoms in total. The summed E-state index contributed by atoms with van der Waals surface area (Å²) in [6.07, 6.45) is 3.24. The smallest absolute Gasteiger partial charge is 0.256 e. The van der Waals surface area contributed by atoms with Crippen molar-refractivity contribution in [3.63, 3.8) is 0 Å². The lowest BCUT2D eigenvalue weighted by Crippen LogP contribution is -2.24. The first kappa shape index (κ1) is 27.4. The van der Waals surface area contributed by atoms with Gasteiger partial charge in [0, 0.05) is 34.5 Å². The van der Waals surface area contributed by atoms with Crippen LogP contribution in [-0.2, 0) is 4.79 Å². The van der Waals surface area contributed by atoms with Crippen LogP contribution in [-0.4, -0.2) is 41.2 Å². The average Bonchev–Trinajstić information content (AvgIpc) is 3.45. The molecule has 0 saturated carbocycles. The summed E-state index contributed by atoms with van der Waals surface area (Å²) in [7, 11) is 0. The molecule has 1 aromatic heterocycles. The van der Waals surface area contributed by atoms with E-state index in [1.807, 2.05) is 56.3 Å². The van der Waals surface area contributed by atoms with Crippen molar-refractivity contribution in [1.29, 1.82) is 0 Å². The molecule has 1 amide bonds. The van der Waals surface area contributed by atoms with Crippen LogP contribution in [0.15, 0.2) is 72.8 Å². The number of aromatic amines is 1. The van der Waals surface area contributed by atoms with E-state index in [1.54, 1.807) is 0 Å². The van der Waals surface area contributed by atoms with E-state index in [2.05, 4.69) is 65.4 Å². The summed E-state index contributed by atoms with van der Waals surface area (Å²) in [5.41, 5.74) is 9.94. The average molecular weight is 532 g/mol. The third-order valence-corrected chi connectivity index (χ3v) is 7.96. The van der Waals surface area contributed by atoms with E-state index >= 15 is 0 Å². The summed E-state index contributed by atoms with van der Waals surface area (Å²) < 4.78 is 0. The van der Waals surface area contributed by atoms with Crippen LogP contribution in [0.3, 0.4) is 0 Å². The summed E-state index contributed by atoms with van der Waals surface area (Å²) in [5, 5.41) is 3.10. The van der Waals surface area contributed by atoms with Crippen molar-refractivity contribution in [3.05, 3.63) is 101 Å². The SMILES string of the molecule is CCN(CC)CCCC(=O)c1c(C)[nH]c(/C=C2\C(=O)Nc3c2cccc3-c2ccc(-c3ccccc3)cc2)c1C. The fraction of sp³-hybridized carbons (Fsp3) is 0.257. The van der Waals surface area contributed by atoms with Crippen molar-refractivity contribution < 1.29 is 9.59 Å². The van der Waals surface area contributed by atoms with E-state index in [4.69, 9.17) is 0 Å². The Balaban J connectivity index is 1.41. The number of hydrogen-bond donors (Lipinski definition) is 2. The number of nitrogens with zero attached hydrogens (tertiary/aromatic N) is 1. The van der Waals surface area contributed by atoms with Crippen LogP contribution < -0.4 is 5.32 Å². The molecule has 204 valence electrons. The summed E-state index contributed by atoms with van der Waals surface area (Å²) in [6.45, 7) is 11.1. The standard InChI is InChI=1S/C35H37N3O2/c1-5-38(6-2)21-11-16-32(39)33-23(3)31(36-24(33)4)22-30-29-15-10-14-28(34(29)37-35(30)40)27-19-17-26(18-20-27)25-12-8-7-9-13-25/h7-10,12-15,17-20,22,36H,5-6,11,16,21H2,1-4H3,(H,37,40)/b30-22-. The zero-order valence-corrected chi connectivity index (χ0v) is 23.8. The Hall–Kier alpha value is -4.22. The van der Waals surface area contributed by atoms with Crippen LogP contribution in [0.25, 0.3) is 33.9 Å². The first-order chi connectivity index (χ1) is 19.4. The third-order valence-electron chi connectivity index (χ3n) is 7.96. The van der Waals surface area contributed by atoms with Crippen molar-refractivity contribution in [2.75, 3.05) is 25.0 Å². The van der Waals surface area contributed by atoms with Crippen LogP contribution in [0.5, 0.6) is 0 Å². The monoisotopic (exact) mass is 531 g/mol. The lowest BCUT2D eigenvalue weighted by Gasteiger charge is -2.17. The molecule has 0 bridgehead atoms. The van der Waals surface area contributed by atoms with Crippen LogP contribution in [0.1, 0.15) is 59.6 Å². The number of amides is 1. The molecule has 4 aromatic rings. The summed E-state index contributed by atoms with van der Waals surface area (Å²) in [5.74, 6) is 0.0164.